The maximum Gasteiger partial charge on any atom is 0.241 e. The van der Waals surface area contributed by atoms with Crippen LogP contribution < -0.4 is 5.73 Å². The number of nitrogens with two attached hydrogens (primary N) is 1. The molecule has 1 aromatic carbocycles. The number of nitrogen functional groups attached to an aromatic ring is 1. The van der Waals surface area contributed by atoms with Crippen LogP contribution in [0.4, 0.5) is 5.69 Å². The van der Waals surface area contributed by atoms with Gasteiger partial charge in [0, 0.05) is 17.6 Å². The molecule has 1 atom stereocenters. The molecule has 0 aliphatic carbocycles. The van der Waals surface area contributed by atoms with Crippen LogP contribution in [0, 0.1) is 0 Å². The summed E-state index contributed by atoms with van der Waals surface area (Å²) in [4.78, 5) is 13.9. The fourth-order valence-electron chi connectivity index (χ4n) is 2.30. The molecule has 110 valence electrons. The number of sulfone groups is 1. The second-order valence-electron chi connectivity index (χ2n) is 4.90. The zero-order valence-electron chi connectivity index (χ0n) is 11.2. The number of rotatable bonds is 3. The minimum absolute atomic E-state index is 0.0146. The zero-order chi connectivity index (χ0) is 14.9. The predicted octanol–water partition coefficient (Wildman–Crippen LogP) is 1.82. The Balaban J connectivity index is 2.31. The monoisotopic (exact) mass is 360 g/mol. The Hall–Kier alpha value is -1.08. The quantitative estimate of drug-likeness (QED) is 0.833. The van der Waals surface area contributed by atoms with Crippen LogP contribution in [-0.4, -0.2) is 37.6 Å². The van der Waals surface area contributed by atoms with Gasteiger partial charge in [-0.05, 0) is 38.0 Å². The molecule has 0 bridgehead atoms. The lowest BCUT2D eigenvalue weighted by molar-refractivity contribution is -0.129. The van der Waals surface area contributed by atoms with Gasteiger partial charge in [0.25, 0.3) is 0 Å². The first-order valence-corrected chi connectivity index (χ1v) is 8.75. The number of hydrogen-bond donors (Lipinski definition) is 1. The molecule has 0 aromatic heterocycles. The third kappa shape index (κ3) is 2.83. The molecule has 0 spiro atoms. The van der Waals surface area contributed by atoms with E-state index in [0.29, 0.717) is 17.6 Å². The van der Waals surface area contributed by atoms with E-state index in [1.807, 2.05) is 0 Å². The Bertz CT molecular complexity index is 625. The van der Waals surface area contributed by atoms with E-state index >= 15 is 0 Å². The Morgan fingerprint density at radius 2 is 1.95 bits per heavy atom. The van der Waals surface area contributed by atoms with Crippen LogP contribution >= 0.6 is 15.9 Å². The van der Waals surface area contributed by atoms with E-state index in [0.717, 1.165) is 12.8 Å². The van der Waals surface area contributed by atoms with Crippen LogP contribution in [0.5, 0.6) is 0 Å². The SMILES string of the molecule is CC(C(=O)N1CCCC1)S(=O)(=O)c1ccc(Br)cc1N. The average molecular weight is 361 g/mol. The van der Waals surface area contributed by atoms with Crippen molar-refractivity contribution in [2.24, 2.45) is 0 Å². The second kappa shape index (κ2) is 5.73. The van der Waals surface area contributed by atoms with Crippen LogP contribution in [0.15, 0.2) is 27.6 Å². The molecule has 1 fully saturated rings. The maximum absolute atomic E-state index is 12.5. The summed E-state index contributed by atoms with van der Waals surface area (Å²) < 4.78 is 25.7. The van der Waals surface area contributed by atoms with Crippen molar-refractivity contribution in [2.45, 2.75) is 29.9 Å². The lowest BCUT2D eigenvalue weighted by atomic mass is 10.3. The number of carbonyl (C=O) groups excluding carboxylic acids is 1. The van der Waals surface area contributed by atoms with Gasteiger partial charge >= 0.3 is 0 Å². The van der Waals surface area contributed by atoms with Gasteiger partial charge in [-0.25, -0.2) is 8.42 Å². The standard InChI is InChI=1S/C13H17BrN2O3S/c1-9(13(17)16-6-2-3-7-16)20(18,19)12-5-4-10(14)8-11(12)15/h4-5,8-9H,2-3,6-7,15H2,1H3. The van der Waals surface area contributed by atoms with Crippen molar-refractivity contribution in [1.29, 1.82) is 0 Å². The Morgan fingerprint density at radius 3 is 2.50 bits per heavy atom. The first-order chi connectivity index (χ1) is 9.34. The number of carbonyl (C=O) groups is 1. The van der Waals surface area contributed by atoms with Gasteiger partial charge in [0.2, 0.25) is 5.91 Å². The lowest BCUT2D eigenvalue weighted by Gasteiger charge is -2.21. The zero-order valence-corrected chi connectivity index (χ0v) is 13.6. The van der Waals surface area contributed by atoms with Crippen LogP contribution in [0.1, 0.15) is 19.8 Å². The van der Waals surface area contributed by atoms with E-state index in [2.05, 4.69) is 15.9 Å². The number of nitrogens with zero attached hydrogens (tertiary/aromatic N) is 1. The van der Waals surface area contributed by atoms with Crippen molar-refractivity contribution < 1.29 is 13.2 Å². The first-order valence-electron chi connectivity index (χ1n) is 6.42. The second-order valence-corrected chi connectivity index (χ2v) is 8.05. The van der Waals surface area contributed by atoms with E-state index in [4.69, 9.17) is 5.73 Å². The van der Waals surface area contributed by atoms with E-state index < -0.39 is 15.1 Å². The molecule has 1 aromatic rings. The predicted molar refractivity (Wildman–Crippen MR) is 81.0 cm³/mol. The van der Waals surface area contributed by atoms with Crippen LogP contribution in [-0.2, 0) is 14.6 Å². The van der Waals surface area contributed by atoms with Gasteiger partial charge in [0.15, 0.2) is 9.84 Å². The van der Waals surface area contributed by atoms with E-state index in [-0.39, 0.29) is 16.5 Å². The van der Waals surface area contributed by atoms with Crippen molar-refractivity contribution in [1.82, 2.24) is 4.90 Å². The Morgan fingerprint density at radius 1 is 1.35 bits per heavy atom. The van der Waals surface area contributed by atoms with Gasteiger partial charge in [0.1, 0.15) is 5.25 Å². The number of halogens is 1. The number of benzene rings is 1. The molecule has 1 aliphatic heterocycles. The van der Waals surface area contributed by atoms with E-state index in [1.165, 1.54) is 19.1 Å². The van der Waals surface area contributed by atoms with Crippen molar-refractivity contribution in [3.63, 3.8) is 0 Å². The molecular weight excluding hydrogens is 344 g/mol. The normalized spacial score (nSPS) is 17.2. The van der Waals surface area contributed by atoms with Crippen LogP contribution in [0.2, 0.25) is 0 Å². The van der Waals surface area contributed by atoms with Gasteiger partial charge in [-0.2, -0.15) is 0 Å². The number of amides is 1. The number of likely N-dealkylation sites (tertiary alicyclic amines) is 1. The minimum atomic E-state index is -3.76. The average Bonchev–Trinajstić information content (AvgIpc) is 2.90. The molecule has 2 rings (SSSR count). The third-order valence-electron chi connectivity index (χ3n) is 3.51. The van der Waals surface area contributed by atoms with E-state index in [1.54, 1.807) is 11.0 Å². The highest BCUT2D eigenvalue weighted by Gasteiger charge is 2.34. The summed E-state index contributed by atoms with van der Waals surface area (Å²) in [5, 5.41) is -1.11. The Labute approximate surface area is 127 Å². The van der Waals surface area contributed by atoms with Gasteiger partial charge < -0.3 is 10.6 Å². The number of hydrogen-bond acceptors (Lipinski definition) is 4. The highest BCUT2D eigenvalue weighted by Crippen LogP contribution is 2.27. The fraction of sp³-hybridized carbons (Fsp3) is 0.462. The molecule has 7 heteroatoms. The minimum Gasteiger partial charge on any atom is -0.398 e. The summed E-state index contributed by atoms with van der Waals surface area (Å²) >= 11 is 3.23. The van der Waals surface area contributed by atoms with Crippen molar-refractivity contribution >= 4 is 37.4 Å². The molecular formula is C13H17BrN2O3S. The summed E-state index contributed by atoms with van der Waals surface area (Å²) in [6.45, 7) is 2.69. The molecule has 1 saturated heterocycles. The van der Waals surface area contributed by atoms with E-state index in [9.17, 15) is 13.2 Å². The molecule has 2 N–H and O–H groups in total. The van der Waals surface area contributed by atoms with Crippen molar-refractivity contribution in [3.05, 3.63) is 22.7 Å². The molecule has 0 radical (unpaired) electrons. The molecule has 1 aliphatic rings. The molecule has 1 heterocycles. The fourth-order valence-corrected chi connectivity index (χ4v) is 4.12. The highest BCUT2D eigenvalue weighted by molar-refractivity contribution is 9.10. The third-order valence-corrected chi connectivity index (χ3v) is 6.12. The number of anilines is 1. The molecule has 5 nitrogen and oxygen atoms in total. The van der Waals surface area contributed by atoms with Gasteiger partial charge in [0.05, 0.1) is 10.6 Å². The topological polar surface area (TPSA) is 80.5 Å². The Kier molecular flexibility index (Phi) is 4.39. The summed E-state index contributed by atoms with van der Waals surface area (Å²) in [5.41, 5.74) is 5.92. The van der Waals surface area contributed by atoms with Crippen molar-refractivity contribution in [2.75, 3.05) is 18.8 Å². The van der Waals surface area contributed by atoms with Crippen LogP contribution in [0.3, 0.4) is 0 Å². The van der Waals surface area contributed by atoms with Gasteiger partial charge in [-0.1, -0.05) is 15.9 Å². The first kappa shape index (κ1) is 15.3. The molecule has 0 saturated carbocycles. The smallest absolute Gasteiger partial charge is 0.241 e. The van der Waals surface area contributed by atoms with Crippen LogP contribution in [0.25, 0.3) is 0 Å². The summed E-state index contributed by atoms with van der Waals surface area (Å²) in [7, 11) is -3.76. The summed E-state index contributed by atoms with van der Waals surface area (Å²) in [6, 6.07) is 4.57. The largest absolute Gasteiger partial charge is 0.398 e. The summed E-state index contributed by atoms with van der Waals surface area (Å²) in [6.07, 6.45) is 1.86. The maximum atomic E-state index is 12.5. The summed E-state index contributed by atoms with van der Waals surface area (Å²) in [5.74, 6) is -0.343. The van der Waals surface area contributed by atoms with Gasteiger partial charge in [-0.3, -0.25) is 4.79 Å². The van der Waals surface area contributed by atoms with Gasteiger partial charge in [-0.15, -0.1) is 0 Å². The molecule has 1 unspecified atom stereocenters. The highest BCUT2D eigenvalue weighted by atomic mass is 79.9. The molecule has 20 heavy (non-hydrogen) atoms. The lowest BCUT2D eigenvalue weighted by Crippen LogP contribution is -2.40. The molecule has 1 amide bonds. The van der Waals surface area contributed by atoms with Crippen molar-refractivity contribution in [3.8, 4) is 0 Å².